The summed E-state index contributed by atoms with van der Waals surface area (Å²) in [6.45, 7) is 11.2. The first-order chi connectivity index (χ1) is 13.6. The zero-order valence-electron chi connectivity index (χ0n) is 18.0. The van der Waals surface area contributed by atoms with Crippen molar-refractivity contribution in [3.8, 4) is 0 Å². The summed E-state index contributed by atoms with van der Waals surface area (Å²) < 4.78 is 10.9. The zero-order chi connectivity index (χ0) is 20.8. The molecule has 6 nitrogen and oxygen atoms in total. The molecular weight excluding hydrogens is 368 g/mol. The molecule has 0 radical (unpaired) electrons. The molecular formula is C23H32N2O4. The van der Waals surface area contributed by atoms with Gasteiger partial charge >= 0.3 is 12.1 Å². The van der Waals surface area contributed by atoms with Crippen LogP contribution in [0.5, 0.6) is 0 Å². The SMILES string of the molecule is CC1Cc2cc(N3CCC4(CCN(C(=O)OC(C)(C)C)CC4)C3)ccc2C(=O)O1. The van der Waals surface area contributed by atoms with Gasteiger partial charge in [0.1, 0.15) is 11.7 Å². The summed E-state index contributed by atoms with van der Waals surface area (Å²) in [7, 11) is 0. The molecule has 3 aliphatic rings. The quantitative estimate of drug-likeness (QED) is 0.667. The summed E-state index contributed by atoms with van der Waals surface area (Å²) >= 11 is 0. The average Bonchev–Trinajstić information content (AvgIpc) is 3.04. The van der Waals surface area contributed by atoms with Crippen molar-refractivity contribution in [2.24, 2.45) is 5.41 Å². The minimum Gasteiger partial charge on any atom is -0.459 e. The van der Waals surface area contributed by atoms with E-state index in [0.717, 1.165) is 57.4 Å². The Balaban J connectivity index is 1.39. The molecule has 2 saturated heterocycles. The first-order valence-electron chi connectivity index (χ1n) is 10.7. The molecule has 6 heteroatoms. The van der Waals surface area contributed by atoms with Gasteiger partial charge < -0.3 is 19.3 Å². The fourth-order valence-corrected chi connectivity index (χ4v) is 4.80. The Labute approximate surface area is 173 Å². The summed E-state index contributed by atoms with van der Waals surface area (Å²) in [5.74, 6) is -0.210. The second-order valence-corrected chi connectivity index (χ2v) is 9.90. The van der Waals surface area contributed by atoms with Crippen LogP contribution in [0.2, 0.25) is 0 Å². The van der Waals surface area contributed by atoms with Crippen LogP contribution in [0.25, 0.3) is 0 Å². The number of ether oxygens (including phenoxy) is 2. The first-order valence-corrected chi connectivity index (χ1v) is 10.7. The van der Waals surface area contributed by atoms with Gasteiger partial charge in [-0.2, -0.15) is 0 Å². The van der Waals surface area contributed by atoms with E-state index < -0.39 is 5.60 Å². The van der Waals surface area contributed by atoms with Crippen LogP contribution in [-0.2, 0) is 15.9 Å². The lowest BCUT2D eigenvalue weighted by atomic mass is 9.78. The Morgan fingerprint density at radius 3 is 2.55 bits per heavy atom. The van der Waals surface area contributed by atoms with Crippen molar-refractivity contribution in [2.45, 2.75) is 65.1 Å². The molecule has 0 N–H and O–H groups in total. The van der Waals surface area contributed by atoms with E-state index in [4.69, 9.17) is 9.47 Å². The molecule has 1 spiro atoms. The maximum atomic E-state index is 12.3. The Hall–Kier alpha value is -2.24. The fourth-order valence-electron chi connectivity index (χ4n) is 4.80. The van der Waals surface area contributed by atoms with Gasteiger partial charge in [0.25, 0.3) is 0 Å². The molecule has 1 unspecified atom stereocenters. The Bertz CT molecular complexity index is 806. The van der Waals surface area contributed by atoms with Gasteiger partial charge in [-0.15, -0.1) is 0 Å². The number of likely N-dealkylation sites (tertiary alicyclic amines) is 1. The molecule has 0 bridgehead atoms. The van der Waals surface area contributed by atoms with E-state index >= 15 is 0 Å². The van der Waals surface area contributed by atoms with Crippen LogP contribution in [0.1, 0.15) is 62.9 Å². The number of carbonyl (C=O) groups excluding carboxylic acids is 2. The van der Waals surface area contributed by atoms with E-state index in [9.17, 15) is 9.59 Å². The minimum absolute atomic E-state index is 0.0626. The normalized spacial score (nSPS) is 23.7. The van der Waals surface area contributed by atoms with E-state index in [-0.39, 0.29) is 23.6 Å². The first kappa shape index (κ1) is 20.0. The van der Waals surface area contributed by atoms with Crippen molar-refractivity contribution in [3.63, 3.8) is 0 Å². The highest BCUT2D eigenvalue weighted by atomic mass is 16.6. The molecule has 4 rings (SSSR count). The summed E-state index contributed by atoms with van der Waals surface area (Å²) in [4.78, 5) is 28.7. The van der Waals surface area contributed by atoms with Gasteiger partial charge in [-0.05, 0) is 76.1 Å². The molecule has 3 aliphatic heterocycles. The lowest BCUT2D eigenvalue weighted by Crippen LogP contribution is -2.46. The van der Waals surface area contributed by atoms with E-state index in [2.05, 4.69) is 11.0 Å². The van der Waals surface area contributed by atoms with Gasteiger partial charge in [0.05, 0.1) is 5.56 Å². The number of rotatable bonds is 1. The molecule has 0 saturated carbocycles. The second kappa shape index (κ2) is 7.22. The van der Waals surface area contributed by atoms with Crippen molar-refractivity contribution < 1.29 is 19.1 Å². The third-order valence-electron chi connectivity index (χ3n) is 6.40. The number of nitrogens with zero attached hydrogens (tertiary/aromatic N) is 2. The third kappa shape index (κ3) is 4.21. The predicted octanol–water partition coefficient (Wildman–Crippen LogP) is 4.02. The molecule has 0 aliphatic carbocycles. The maximum absolute atomic E-state index is 12.3. The highest BCUT2D eigenvalue weighted by Gasteiger charge is 2.42. The molecule has 1 aromatic rings. The lowest BCUT2D eigenvalue weighted by Gasteiger charge is -2.39. The van der Waals surface area contributed by atoms with Crippen LogP contribution in [0.15, 0.2) is 18.2 Å². The van der Waals surface area contributed by atoms with Gasteiger partial charge in [-0.25, -0.2) is 9.59 Å². The summed E-state index contributed by atoms with van der Waals surface area (Å²) in [6.07, 6.45) is 3.68. The van der Waals surface area contributed by atoms with Crippen LogP contribution in [0.4, 0.5) is 10.5 Å². The van der Waals surface area contributed by atoms with E-state index in [0.29, 0.717) is 5.56 Å². The monoisotopic (exact) mass is 400 g/mol. The number of hydrogen-bond acceptors (Lipinski definition) is 5. The summed E-state index contributed by atoms with van der Waals surface area (Å²) in [5, 5.41) is 0. The minimum atomic E-state index is -0.452. The number of fused-ring (bicyclic) bond motifs is 1. The molecule has 3 heterocycles. The van der Waals surface area contributed by atoms with Crippen molar-refractivity contribution in [3.05, 3.63) is 29.3 Å². The van der Waals surface area contributed by atoms with E-state index in [1.165, 1.54) is 5.69 Å². The Kier molecular flexibility index (Phi) is 4.99. The lowest BCUT2D eigenvalue weighted by molar-refractivity contribution is 0.0121. The largest absolute Gasteiger partial charge is 0.459 e. The highest BCUT2D eigenvalue weighted by molar-refractivity contribution is 5.92. The molecule has 1 atom stereocenters. The molecule has 1 amide bonds. The number of amides is 1. The van der Waals surface area contributed by atoms with Crippen LogP contribution >= 0.6 is 0 Å². The number of carbonyl (C=O) groups is 2. The Morgan fingerprint density at radius 2 is 1.86 bits per heavy atom. The van der Waals surface area contributed by atoms with Gasteiger partial charge in [0, 0.05) is 38.3 Å². The van der Waals surface area contributed by atoms with Crippen LogP contribution in [0, 0.1) is 5.41 Å². The second-order valence-electron chi connectivity index (χ2n) is 9.90. The number of esters is 1. The predicted molar refractivity (Wildman–Crippen MR) is 111 cm³/mol. The topological polar surface area (TPSA) is 59.1 Å². The number of hydrogen-bond donors (Lipinski definition) is 0. The van der Waals surface area contributed by atoms with Crippen molar-refractivity contribution in [1.82, 2.24) is 4.90 Å². The number of cyclic esters (lactones) is 1. The standard InChI is InChI=1S/C23H32N2O4/c1-16-13-17-14-18(5-6-19(17)20(26)28-16)25-12-9-23(15-25)7-10-24(11-8-23)21(27)29-22(2,3)4/h5-6,14,16H,7-13,15H2,1-4H3. The number of anilines is 1. The average molecular weight is 401 g/mol. The molecule has 0 aromatic heterocycles. The summed E-state index contributed by atoms with van der Waals surface area (Å²) in [6, 6.07) is 6.13. The molecule has 158 valence electrons. The van der Waals surface area contributed by atoms with E-state index in [1.54, 1.807) is 0 Å². The fraction of sp³-hybridized carbons (Fsp3) is 0.652. The van der Waals surface area contributed by atoms with Crippen LogP contribution < -0.4 is 4.90 Å². The molecule has 29 heavy (non-hydrogen) atoms. The van der Waals surface area contributed by atoms with Gasteiger partial charge in [0.15, 0.2) is 0 Å². The maximum Gasteiger partial charge on any atom is 0.410 e. The molecule has 2 fully saturated rings. The van der Waals surface area contributed by atoms with Gasteiger partial charge in [-0.1, -0.05) is 0 Å². The van der Waals surface area contributed by atoms with Crippen LogP contribution in [-0.4, -0.2) is 54.8 Å². The third-order valence-corrected chi connectivity index (χ3v) is 6.40. The smallest absolute Gasteiger partial charge is 0.410 e. The Morgan fingerprint density at radius 1 is 1.17 bits per heavy atom. The van der Waals surface area contributed by atoms with Crippen molar-refractivity contribution in [2.75, 3.05) is 31.1 Å². The highest BCUT2D eigenvalue weighted by Crippen LogP contribution is 2.42. The van der Waals surface area contributed by atoms with Crippen molar-refractivity contribution in [1.29, 1.82) is 0 Å². The summed E-state index contributed by atoms with van der Waals surface area (Å²) in [5.41, 5.74) is 2.79. The van der Waals surface area contributed by atoms with Gasteiger partial charge in [0.2, 0.25) is 0 Å². The van der Waals surface area contributed by atoms with Crippen molar-refractivity contribution >= 4 is 17.7 Å². The zero-order valence-corrected chi connectivity index (χ0v) is 18.0. The number of benzene rings is 1. The number of piperidine rings is 1. The molecule has 1 aromatic carbocycles. The van der Waals surface area contributed by atoms with Crippen LogP contribution in [0.3, 0.4) is 0 Å². The van der Waals surface area contributed by atoms with Gasteiger partial charge in [-0.3, -0.25) is 0 Å². The van der Waals surface area contributed by atoms with E-state index in [1.807, 2.05) is 44.7 Å².